The molecule has 140 valence electrons. The summed E-state index contributed by atoms with van der Waals surface area (Å²) in [5.74, 6) is 0.862. The Labute approximate surface area is 154 Å². The second kappa shape index (κ2) is 9.43. The zero-order valence-electron chi connectivity index (χ0n) is 14.7. The number of hydrogen-bond acceptors (Lipinski definition) is 4. The van der Waals surface area contributed by atoms with E-state index >= 15 is 0 Å². The van der Waals surface area contributed by atoms with Crippen molar-refractivity contribution < 1.29 is 12.8 Å². The molecule has 1 atom stereocenters. The normalized spacial score (nSPS) is 19.1. The number of rotatable bonds is 6. The van der Waals surface area contributed by atoms with Crippen molar-refractivity contribution >= 4 is 27.6 Å². The van der Waals surface area contributed by atoms with E-state index in [-0.39, 0.29) is 17.2 Å². The average Bonchev–Trinajstić information content (AvgIpc) is 2.61. The van der Waals surface area contributed by atoms with Gasteiger partial charge in [-0.15, -0.1) is 0 Å². The SMILES string of the molecule is CCNC(=NCCS(=O)(=O)c1ccccc1F)N1CCSC(CC)C1. The maximum absolute atomic E-state index is 13.7. The Morgan fingerprint density at radius 3 is 2.84 bits per heavy atom. The lowest BCUT2D eigenvalue weighted by molar-refractivity contribution is 0.408. The van der Waals surface area contributed by atoms with Crippen LogP contribution in [0.5, 0.6) is 0 Å². The molecule has 0 spiro atoms. The third-order valence-electron chi connectivity index (χ3n) is 4.02. The Hall–Kier alpha value is -1.28. The van der Waals surface area contributed by atoms with Crippen LogP contribution in [0.3, 0.4) is 0 Å². The highest BCUT2D eigenvalue weighted by Crippen LogP contribution is 2.21. The average molecular weight is 388 g/mol. The standard InChI is InChI=1S/C17H26FN3O2S2/c1-3-14-13-21(10-11-24-14)17(19-4-2)20-9-12-25(22,23)16-8-6-5-7-15(16)18/h5-8,14H,3-4,9-13H2,1-2H3,(H,19,20). The van der Waals surface area contributed by atoms with Crippen LogP contribution in [0, 0.1) is 5.82 Å². The minimum Gasteiger partial charge on any atom is -0.357 e. The van der Waals surface area contributed by atoms with Gasteiger partial charge in [0.2, 0.25) is 0 Å². The maximum Gasteiger partial charge on any atom is 0.194 e. The van der Waals surface area contributed by atoms with Crippen LogP contribution < -0.4 is 5.32 Å². The lowest BCUT2D eigenvalue weighted by Crippen LogP contribution is -2.48. The first-order chi connectivity index (χ1) is 12.0. The largest absolute Gasteiger partial charge is 0.357 e. The molecule has 0 bridgehead atoms. The van der Waals surface area contributed by atoms with Crippen LogP contribution in [-0.2, 0) is 9.84 Å². The van der Waals surface area contributed by atoms with Gasteiger partial charge in [0.05, 0.1) is 12.3 Å². The van der Waals surface area contributed by atoms with E-state index < -0.39 is 15.7 Å². The molecule has 0 aromatic heterocycles. The molecule has 5 nitrogen and oxygen atoms in total. The van der Waals surface area contributed by atoms with Gasteiger partial charge in [-0.1, -0.05) is 19.1 Å². The predicted molar refractivity (Wildman–Crippen MR) is 103 cm³/mol. The Balaban J connectivity index is 2.05. The highest BCUT2D eigenvalue weighted by Gasteiger charge is 2.22. The van der Waals surface area contributed by atoms with E-state index in [1.165, 1.54) is 18.2 Å². The molecule has 0 amide bonds. The van der Waals surface area contributed by atoms with Crippen LogP contribution in [0.1, 0.15) is 20.3 Å². The van der Waals surface area contributed by atoms with Gasteiger partial charge in [-0.3, -0.25) is 4.99 Å². The van der Waals surface area contributed by atoms with Gasteiger partial charge < -0.3 is 10.2 Å². The number of halogens is 1. The molecule has 1 heterocycles. The van der Waals surface area contributed by atoms with Crippen molar-refractivity contribution in [2.45, 2.75) is 30.4 Å². The Morgan fingerprint density at radius 1 is 1.40 bits per heavy atom. The molecule has 2 rings (SSSR count). The summed E-state index contributed by atoms with van der Waals surface area (Å²) < 4.78 is 38.4. The second-order valence-electron chi connectivity index (χ2n) is 5.83. The topological polar surface area (TPSA) is 61.8 Å². The quantitative estimate of drug-likeness (QED) is 0.600. The Kier molecular flexibility index (Phi) is 7.56. The van der Waals surface area contributed by atoms with Crippen molar-refractivity contribution in [3.8, 4) is 0 Å². The van der Waals surface area contributed by atoms with Crippen molar-refractivity contribution in [1.29, 1.82) is 0 Å². The summed E-state index contributed by atoms with van der Waals surface area (Å²) in [6, 6.07) is 5.47. The lowest BCUT2D eigenvalue weighted by Gasteiger charge is -2.34. The van der Waals surface area contributed by atoms with Crippen LogP contribution in [-0.4, -0.2) is 62.2 Å². The number of guanidine groups is 1. The molecule has 1 unspecified atom stereocenters. The number of sulfone groups is 1. The molecule has 1 fully saturated rings. The summed E-state index contributed by atoms with van der Waals surface area (Å²) in [5, 5.41) is 3.80. The highest BCUT2D eigenvalue weighted by atomic mass is 32.2. The van der Waals surface area contributed by atoms with Crippen molar-refractivity contribution in [2.75, 3.05) is 37.7 Å². The zero-order chi connectivity index (χ0) is 18.3. The second-order valence-corrected chi connectivity index (χ2v) is 9.32. The Morgan fingerprint density at radius 2 is 2.16 bits per heavy atom. The van der Waals surface area contributed by atoms with Gasteiger partial charge in [-0.2, -0.15) is 11.8 Å². The molecule has 1 saturated heterocycles. The van der Waals surface area contributed by atoms with Crippen LogP contribution in [0.25, 0.3) is 0 Å². The molecule has 1 aliphatic heterocycles. The monoisotopic (exact) mass is 387 g/mol. The number of aliphatic imine (C=N–C) groups is 1. The molecule has 0 aliphatic carbocycles. The highest BCUT2D eigenvalue weighted by molar-refractivity contribution is 8.00. The molecular formula is C17H26FN3O2S2. The fraction of sp³-hybridized carbons (Fsp3) is 0.588. The third kappa shape index (κ3) is 5.60. The first kappa shape index (κ1) is 20.0. The number of nitrogens with zero attached hydrogens (tertiary/aromatic N) is 2. The smallest absolute Gasteiger partial charge is 0.194 e. The molecule has 1 aliphatic rings. The molecule has 25 heavy (non-hydrogen) atoms. The van der Waals surface area contributed by atoms with Gasteiger partial charge >= 0.3 is 0 Å². The summed E-state index contributed by atoms with van der Waals surface area (Å²) in [7, 11) is -3.68. The fourth-order valence-electron chi connectivity index (χ4n) is 2.66. The van der Waals surface area contributed by atoms with E-state index in [9.17, 15) is 12.8 Å². The first-order valence-corrected chi connectivity index (χ1v) is 11.3. The summed E-state index contributed by atoms with van der Waals surface area (Å²) in [6.07, 6.45) is 1.10. The van der Waals surface area contributed by atoms with Crippen molar-refractivity contribution in [3.63, 3.8) is 0 Å². The number of benzene rings is 1. The van der Waals surface area contributed by atoms with Gasteiger partial charge in [0, 0.05) is 30.6 Å². The molecule has 0 radical (unpaired) electrons. The van der Waals surface area contributed by atoms with E-state index in [4.69, 9.17) is 0 Å². The van der Waals surface area contributed by atoms with Crippen molar-refractivity contribution in [2.24, 2.45) is 4.99 Å². The van der Waals surface area contributed by atoms with Crippen LogP contribution in [0.2, 0.25) is 0 Å². The molecular weight excluding hydrogens is 361 g/mol. The van der Waals surface area contributed by atoms with E-state index in [2.05, 4.69) is 22.1 Å². The molecule has 1 N–H and O–H groups in total. The number of nitrogens with one attached hydrogen (secondary N) is 1. The van der Waals surface area contributed by atoms with Gasteiger partial charge in [0.15, 0.2) is 15.8 Å². The molecule has 0 saturated carbocycles. The molecule has 1 aromatic rings. The minimum atomic E-state index is -3.68. The third-order valence-corrected chi connectivity index (χ3v) is 7.12. The van der Waals surface area contributed by atoms with E-state index in [0.717, 1.165) is 43.8 Å². The molecule has 1 aromatic carbocycles. The van der Waals surface area contributed by atoms with E-state index in [1.54, 1.807) is 0 Å². The van der Waals surface area contributed by atoms with Gasteiger partial charge in [0.25, 0.3) is 0 Å². The Bertz CT molecular complexity index is 695. The fourth-order valence-corrected chi connectivity index (χ4v) is 5.05. The van der Waals surface area contributed by atoms with Crippen molar-refractivity contribution in [1.82, 2.24) is 10.2 Å². The van der Waals surface area contributed by atoms with Gasteiger partial charge in [-0.05, 0) is 25.5 Å². The van der Waals surface area contributed by atoms with Crippen LogP contribution in [0.15, 0.2) is 34.2 Å². The van der Waals surface area contributed by atoms with Crippen molar-refractivity contribution in [3.05, 3.63) is 30.1 Å². The van der Waals surface area contributed by atoms with E-state index in [1.807, 2.05) is 18.7 Å². The summed E-state index contributed by atoms with van der Waals surface area (Å²) in [4.78, 5) is 6.40. The van der Waals surface area contributed by atoms with Crippen LogP contribution in [0.4, 0.5) is 4.39 Å². The van der Waals surface area contributed by atoms with Crippen LogP contribution >= 0.6 is 11.8 Å². The first-order valence-electron chi connectivity index (χ1n) is 8.60. The predicted octanol–water partition coefficient (Wildman–Crippen LogP) is 2.39. The van der Waals surface area contributed by atoms with Gasteiger partial charge in [-0.25, -0.2) is 12.8 Å². The number of hydrogen-bond donors (Lipinski definition) is 1. The summed E-state index contributed by atoms with van der Waals surface area (Å²) in [5.41, 5.74) is 0. The lowest BCUT2D eigenvalue weighted by atomic mass is 10.3. The summed E-state index contributed by atoms with van der Waals surface area (Å²) >= 11 is 1.97. The maximum atomic E-state index is 13.7. The van der Waals surface area contributed by atoms with Gasteiger partial charge in [0.1, 0.15) is 10.7 Å². The summed E-state index contributed by atoms with van der Waals surface area (Å²) in [6.45, 7) is 6.80. The van der Waals surface area contributed by atoms with E-state index in [0.29, 0.717) is 5.25 Å². The zero-order valence-corrected chi connectivity index (χ0v) is 16.4. The number of thioether (sulfide) groups is 1. The minimum absolute atomic E-state index is 0.111. The molecule has 8 heteroatoms.